The van der Waals surface area contributed by atoms with Crippen LogP contribution < -0.4 is 5.32 Å². The van der Waals surface area contributed by atoms with Gasteiger partial charge >= 0.3 is 5.97 Å². The summed E-state index contributed by atoms with van der Waals surface area (Å²) in [6.45, 7) is 0.0323. The summed E-state index contributed by atoms with van der Waals surface area (Å²) < 4.78 is 5.20. The number of aliphatic carboxylic acids is 1. The minimum absolute atomic E-state index is 0.0323. The highest BCUT2D eigenvalue weighted by Gasteiger charge is 2.26. The fourth-order valence-electron chi connectivity index (χ4n) is 1.66. The molecule has 0 saturated heterocycles. The number of nitrogens with one attached hydrogen (secondary N) is 1. The Hall–Kier alpha value is -0.610. The van der Waals surface area contributed by atoms with Crippen LogP contribution in [0, 0.1) is 0 Å². The summed E-state index contributed by atoms with van der Waals surface area (Å²) in [6.07, 6.45) is 3.37. The van der Waals surface area contributed by atoms with E-state index in [2.05, 4.69) is 5.32 Å². The number of rotatable bonds is 4. The Morgan fingerprint density at radius 1 is 1.67 bits per heavy atom. The molecule has 1 saturated carbocycles. The molecule has 0 bridgehead atoms. The molecule has 0 unspecified atom stereocenters. The van der Waals surface area contributed by atoms with Gasteiger partial charge in [-0.2, -0.15) is 0 Å². The highest BCUT2D eigenvalue weighted by atomic mass is 16.5. The molecule has 0 aromatic carbocycles. The zero-order valence-corrected chi connectivity index (χ0v) is 7.25. The molecule has 1 rings (SSSR count). The summed E-state index contributed by atoms with van der Waals surface area (Å²) in [4.78, 5) is 10.2. The van der Waals surface area contributed by atoms with E-state index < -0.39 is 5.97 Å². The predicted octanol–water partition coefficient (Wildman–Crippen LogP) is 0.228. The lowest BCUT2D eigenvalue weighted by molar-refractivity contribution is -0.136. The average molecular weight is 173 g/mol. The normalized spacial score (nSPS) is 29.1. The van der Waals surface area contributed by atoms with Gasteiger partial charge in [-0.1, -0.05) is 0 Å². The van der Waals surface area contributed by atoms with Crippen LogP contribution in [0.2, 0.25) is 0 Å². The van der Waals surface area contributed by atoms with Gasteiger partial charge in [0.15, 0.2) is 0 Å². The molecule has 0 aromatic rings. The predicted molar refractivity (Wildman–Crippen MR) is 44.1 cm³/mol. The quantitative estimate of drug-likeness (QED) is 0.639. The van der Waals surface area contributed by atoms with Crippen molar-refractivity contribution in [3.8, 4) is 0 Å². The van der Waals surface area contributed by atoms with Gasteiger partial charge in [0, 0.05) is 13.2 Å². The van der Waals surface area contributed by atoms with Gasteiger partial charge in [-0.3, -0.25) is 4.79 Å². The zero-order valence-electron chi connectivity index (χ0n) is 7.25. The summed E-state index contributed by atoms with van der Waals surface area (Å²) in [5.74, 6) is -0.809. The maximum absolute atomic E-state index is 10.2. The number of carboxylic acid groups (broad SMARTS) is 1. The molecule has 0 heterocycles. The van der Waals surface area contributed by atoms with E-state index in [1.807, 2.05) is 0 Å². The smallest absolute Gasteiger partial charge is 0.317 e. The number of hydrogen-bond acceptors (Lipinski definition) is 3. The van der Waals surface area contributed by atoms with E-state index in [9.17, 15) is 4.79 Å². The second-order valence-electron chi connectivity index (χ2n) is 3.09. The molecule has 4 nitrogen and oxygen atoms in total. The van der Waals surface area contributed by atoms with E-state index in [1.54, 1.807) is 7.11 Å². The Morgan fingerprint density at radius 3 is 3.00 bits per heavy atom. The molecule has 1 aliphatic rings. The average Bonchev–Trinajstić information content (AvgIpc) is 2.47. The molecule has 0 aromatic heterocycles. The van der Waals surface area contributed by atoms with Crippen molar-refractivity contribution in [1.82, 2.24) is 5.32 Å². The van der Waals surface area contributed by atoms with Crippen molar-refractivity contribution in [1.29, 1.82) is 0 Å². The molecule has 0 aliphatic heterocycles. The largest absolute Gasteiger partial charge is 0.480 e. The Balaban J connectivity index is 2.26. The number of hydrogen-bond donors (Lipinski definition) is 2. The minimum atomic E-state index is -0.809. The van der Waals surface area contributed by atoms with Crippen molar-refractivity contribution in [2.75, 3.05) is 13.7 Å². The molecule has 0 amide bonds. The first kappa shape index (κ1) is 9.48. The maximum atomic E-state index is 10.2. The molecular formula is C8H15NO3. The van der Waals surface area contributed by atoms with Gasteiger partial charge in [-0.25, -0.2) is 0 Å². The van der Waals surface area contributed by atoms with E-state index in [1.165, 1.54) is 0 Å². The van der Waals surface area contributed by atoms with E-state index in [-0.39, 0.29) is 18.7 Å². The summed E-state index contributed by atoms with van der Waals surface area (Å²) in [5, 5.41) is 11.4. The molecule has 12 heavy (non-hydrogen) atoms. The Kier molecular flexibility index (Phi) is 3.49. The first-order valence-electron chi connectivity index (χ1n) is 4.22. The lowest BCUT2D eigenvalue weighted by atomic mass is 10.2. The molecule has 0 radical (unpaired) electrons. The van der Waals surface area contributed by atoms with Crippen molar-refractivity contribution in [3.05, 3.63) is 0 Å². The molecule has 2 N–H and O–H groups in total. The molecule has 0 spiro atoms. The van der Waals surface area contributed by atoms with Crippen LogP contribution in [-0.4, -0.2) is 36.9 Å². The summed E-state index contributed by atoms with van der Waals surface area (Å²) in [5.41, 5.74) is 0. The minimum Gasteiger partial charge on any atom is -0.480 e. The van der Waals surface area contributed by atoms with Crippen LogP contribution in [0.15, 0.2) is 0 Å². The first-order chi connectivity index (χ1) is 5.74. The van der Waals surface area contributed by atoms with Gasteiger partial charge < -0.3 is 15.2 Å². The first-order valence-corrected chi connectivity index (χ1v) is 4.22. The SMILES string of the molecule is CO[C@H]1CCC[C@H]1NCC(=O)O. The second kappa shape index (κ2) is 4.42. The Bertz CT molecular complexity index is 160. The van der Waals surface area contributed by atoms with E-state index >= 15 is 0 Å². The molecule has 4 heteroatoms. The highest BCUT2D eigenvalue weighted by Crippen LogP contribution is 2.20. The summed E-state index contributed by atoms with van der Waals surface area (Å²) in [6, 6.07) is 0.228. The molecule has 70 valence electrons. The lowest BCUT2D eigenvalue weighted by Gasteiger charge is -2.18. The van der Waals surface area contributed by atoms with Crippen LogP contribution in [0.5, 0.6) is 0 Å². The van der Waals surface area contributed by atoms with E-state index in [0.717, 1.165) is 19.3 Å². The molecule has 1 aliphatic carbocycles. The number of ether oxygens (including phenoxy) is 1. The van der Waals surface area contributed by atoms with Gasteiger partial charge in [0.1, 0.15) is 0 Å². The zero-order chi connectivity index (χ0) is 8.97. The van der Waals surface area contributed by atoms with Crippen molar-refractivity contribution in [2.24, 2.45) is 0 Å². The Morgan fingerprint density at radius 2 is 2.42 bits per heavy atom. The van der Waals surface area contributed by atoms with Gasteiger partial charge in [-0.15, -0.1) is 0 Å². The van der Waals surface area contributed by atoms with Gasteiger partial charge in [-0.05, 0) is 19.3 Å². The third-order valence-electron chi connectivity index (χ3n) is 2.27. The van der Waals surface area contributed by atoms with Crippen LogP contribution in [0.25, 0.3) is 0 Å². The number of methoxy groups -OCH3 is 1. The second-order valence-corrected chi connectivity index (χ2v) is 3.09. The summed E-state index contributed by atoms with van der Waals surface area (Å²) >= 11 is 0. The van der Waals surface area contributed by atoms with E-state index in [4.69, 9.17) is 9.84 Å². The van der Waals surface area contributed by atoms with Crippen molar-refractivity contribution in [3.63, 3.8) is 0 Å². The third-order valence-corrected chi connectivity index (χ3v) is 2.27. The topological polar surface area (TPSA) is 58.6 Å². The number of carboxylic acids is 1. The standard InChI is InChI=1S/C8H15NO3/c1-12-7-4-2-3-6(7)9-5-8(10)11/h6-7,9H,2-5H2,1H3,(H,10,11)/t6-,7+/m1/s1. The van der Waals surface area contributed by atoms with Gasteiger partial charge in [0.25, 0.3) is 0 Å². The van der Waals surface area contributed by atoms with Crippen LogP contribution in [0.1, 0.15) is 19.3 Å². The fraction of sp³-hybridized carbons (Fsp3) is 0.875. The van der Waals surface area contributed by atoms with Crippen LogP contribution >= 0.6 is 0 Å². The molecule has 2 atom stereocenters. The lowest BCUT2D eigenvalue weighted by Crippen LogP contribution is -2.39. The van der Waals surface area contributed by atoms with Crippen molar-refractivity contribution < 1.29 is 14.6 Å². The maximum Gasteiger partial charge on any atom is 0.317 e. The molecule has 1 fully saturated rings. The third kappa shape index (κ3) is 2.46. The van der Waals surface area contributed by atoms with Crippen molar-refractivity contribution >= 4 is 5.97 Å². The fourth-order valence-corrected chi connectivity index (χ4v) is 1.66. The Labute approximate surface area is 71.9 Å². The molecular weight excluding hydrogens is 158 g/mol. The van der Waals surface area contributed by atoms with Gasteiger partial charge in [0.2, 0.25) is 0 Å². The van der Waals surface area contributed by atoms with E-state index in [0.29, 0.717) is 0 Å². The number of carbonyl (C=O) groups is 1. The summed E-state index contributed by atoms with van der Waals surface area (Å²) in [7, 11) is 1.67. The van der Waals surface area contributed by atoms with Crippen LogP contribution in [0.3, 0.4) is 0 Å². The van der Waals surface area contributed by atoms with Crippen LogP contribution in [0.4, 0.5) is 0 Å². The van der Waals surface area contributed by atoms with Crippen LogP contribution in [-0.2, 0) is 9.53 Å². The van der Waals surface area contributed by atoms with Gasteiger partial charge in [0.05, 0.1) is 12.6 Å². The van der Waals surface area contributed by atoms with Crippen molar-refractivity contribution in [2.45, 2.75) is 31.4 Å². The highest BCUT2D eigenvalue weighted by molar-refractivity contribution is 5.69. The monoisotopic (exact) mass is 173 g/mol.